The molecule has 0 aromatic rings. The minimum Gasteiger partial charge on any atom is -0.312 e. The van der Waals surface area contributed by atoms with Crippen molar-refractivity contribution in [2.45, 2.75) is 46.1 Å². The zero-order chi connectivity index (χ0) is 11.3. The van der Waals surface area contributed by atoms with Gasteiger partial charge < -0.3 is 10.2 Å². The summed E-state index contributed by atoms with van der Waals surface area (Å²) in [6.07, 6.45) is 4.10. The van der Waals surface area contributed by atoms with Crippen LogP contribution in [0.25, 0.3) is 0 Å². The number of likely N-dealkylation sites (tertiary alicyclic amines) is 1. The molecule has 2 heteroatoms. The van der Waals surface area contributed by atoms with Crippen LogP contribution in [0.15, 0.2) is 0 Å². The third kappa shape index (κ3) is 4.98. The Balaban J connectivity index is 2.31. The molecule has 1 aliphatic heterocycles. The first-order valence-electron chi connectivity index (χ1n) is 6.53. The first-order valence-corrected chi connectivity index (χ1v) is 6.53. The van der Waals surface area contributed by atoms with Crippen LogP contribution in [-0.2, 0) is 0 Å². The van der Waals surface area contributed by atoms with Gasteiger partial charge in [-0.1, -0.05) is 27.2 Å². The lowest BCUT2D eigenvalue weighted by molar-refractivity contribution is 0.160. The average molecular weight is 212 g/mol. The van der Waals surface area contributed by atoms with E-state index in [0.29, 0.717) is 0 Å². The molecule has 0 amide bonds. The van der Waals surface area contributed by atoms with Crippen LogP contribution in [0.4, 0.5) is 0 Å². The maximum Gasteiger partial charge on any atom is 0.0198 e. The lowest BCUT2D eigenvalue weighted by Crippen LogP contribution is -2.48. The number of nitrogens with one attached hydrogen (secondary N) is 1. The van der Waals surface area contributed by atoms with Crippen molar-refractivity contribution in [2.24, 2.45) is 11.8 Å². The van der Waals surface area contributed by atoms with E-state index < -0.39 is 0 Å². The summed E-state index contributed by atoms with van der Waals surface area (Å²) in [7, 11) is 2.26. The van der Waals surface area contributed by atoms with E-state index in [2.05, 4.69) is 38.0 Å². The molecule has 0 bridgehead atoms. The van der Waals surface area contributed by atoms with E-state index in [1.807, 2.05) is 0 Å². The van der Waals surface area contributed by atoms with Gasteiger partial charge in [-0.05, 0) is 38.3 Å². The van der Waals surface area contributed by atoms with Crippen molar-refractivity contribution >= 4 is 0 Å². The molecule has 1 aliphatic rings. The predicted molar refractivity (Wildman–Crippen MR) is 67.1 cm³/mol. The van der Waals surface area contributed by atoms with E-state index in [-0.39, 0.29) is 0 Å². The van der Waals surface area contributed by atoms with Gasteiger partial charge in [-0.25, -0.2) is 0 Å². The summed E-state index contributed by atoms with van der Waals surface area (Å²) in [5.41, 5.74) is 0. The summed E-state index contributed by atoms with van der Waals surface area (Å²) in [6.45, 7) is 10.6. The molecule has 90 valence electrons. The molecule has 1 saturated heterocycles. The van der Waals surface area contributed by atoms with Gasteiger partial charge in [-0.15, -0.1) is 0 Å². The molecule has 2 nitrogen and oxygen atoms in total. The summed E-state index contributed by atoms with van der Waals surface area (Å²) in [5, 5.41) is 3.70. The molecule has 2 unspecified atom stereocenters. The second-order valence-electron chi connectivity index (χ2n) is 5.61. The van der Waals surface area contributed by atoms with E-state index in [1.165, 1.54) is 32.4 Å². The van der Waals surface area contributed by atoms with Gasteiger partial charge in [-0.3, -0.25) is 0 Å². The van der Waals surface area contributed by atoms with Crippen molar-refractivity contribution in [3.63, 3.8) is 0 Å². The highest BCUT2D eigenvalue weighted by Crippen LogP contribution is 2.20. The smallest absolute Gasteiger partial charge is 0.0198 e. The Morgan fingerprint density at radius 2 is 2.07 bits per heavy atom. The minimum atomic E-state index is 0.725. The highest BCUT2D eigenvalue weighted by molar-refractivity contribution is 4.82. The van der Waals surface area contributed by atoms with Crippen LogP contribution in [0.2, 0.25) is 0 Å². The molecule has 0 aromatic heterocycles. The zero-order valence-corrected chi connectivity index (χ0v) is 10.9. The quantitative estimate of drug-likeness (QED) is 0.752. The van der Waals surface area contributed by atoms with Crippen LogP contribution in [0.1, 0.15) is 40.0 Å². The Bertz CT molecular complexity index is 168. The molecule has 0 radical (unpaired) electrons. The average Bonchev–Trinajstić information content (AvgIpc) is 2.14. The largest absolute Gasteiger partial charge is 0.312 e. The van der Waals surface area contributed by atoms with E-state index in [1.54, 1.807) is 0 Å². The third-order valence-electron chi connectivity index (χ3n) is 3.23. The van der Waals surface area contributed by atoms with Gasteiger partial charge in [0.05, 0.1) is 0 Å². The van der Waals surface area contributed by atoms with Crippen LogP contribution in [0, 0.1) is 11.8 Å². The third-order valence-corrected chi connectivity index (χ3v) is 3.23. The molecule has 0 saturated carbocycles. The molecule has 0 aliphatic carbocycles. The molecule has 0 aromatic carbocycles. The normalized spacial score (nSPS) is 28.6. The SMILES string of the molecule is CCCC1CC(NCC(C)C)CN(C)C1. The lowest BCUT2D eigenvalue weighted by atomic mass is 9.91. The molecular formula is C13H28N2. The number of piperidine rings is 1. The van der Waals surface area contributed by atoms with Crippen molar-refractivity contribution in [2.75, 3.05) is 26.7 Å². The maximum absolute atomic E-state index is 3.70. The van der Waals surface area contributed by atoms with Crippen molar-refractivity contribution in [3.05, 3.63) is 0 Å². The van der Waals surface area contributed by atoms with E-state index >= 15 is 0 Å². The molecule has 1 heterocycles. The highest BCUT2D eigenvalue weighted by atomic mass is 15.1. The summed E-state index contributed by atoms with van der Waals surface area (Å²) in [4.78, 5) is 2.49. The second kappa shape index (κ2) is 6.49. The predicted octanol–water partition coefficient (Wildman–Crippen LogP) is 2.35. The number of nitrogens with zero attached hydrogens (tertiary/aromatic N) is 1. The Hall–Kier alpha value is -0.0800. The molecule has 15 heavy (non-hydrogen) atoms. The summed E-state index contributed by atoms with van der Waals surface area (Å²) in [6, 6.07) is 0.725. The number of hydrogen-bond donors (Lipinski definition) is 1. The van der Waals surface area contributed by atoms with Gasteiger partial charge in [0.25, 0.3) is 0 Å². The second-order valence-corrected chi connectivity index (χ2v) is 5.61. The standard InChI is InChI=1S/C13H28N2/c1-5-6-12-7-13(10-15(4)9-12)14-8-11(2)3/h11-14H,5-10H2,1-4H3. The summed E-state index contributed by atoms with van der Waals surface area (Å²) < 4.78 is 0. The number of hydrogen-bond acceptors (Lipinski definition) is 2. The minimum absolute atomic E-state index is 0.725. The first-order chi connectivity index (χ1) is 7.11. The molecule has 1 rings (SSSR count). The molecule has 2 atom stereocenters. The first kappa shape index (κ1) is 13.0. The Morgan fingerprint density at radius 1 is 1.33 bits per heavy atom. The van der Waals surface area contributed by atoms with Crippen LogP contribution < -0.4 is 5.32 Å². The lowest BCUT2D eigenvalue weighted by Gasteiger charge is -2.36. The van der Waals surface area contributed by atoms with Crippen molar-refractivity contribution < 1.29 is 0 Å². The Labute approximate surface area is 95.4 Å². The van der Waals surface area contributed by atoms with Gasteiger partial charge in [0.15, 0.2) is 0 Å². The van der Waals surface area contributed by atoms with Gasteiger partial charge in [0.2, 0.25) is 0 Å². The Morgan fingerprint density at radius 3 is 2.67 bits per heavy atom. The zero-order valence-electron chi connectivity index (χ0n) is 10.9. The van der Waals surface area contributed by atoms with Gasteiger partial charge >= 0.3 is 0 Å². The van der Waals surface area contributed by atoms with E-state index in [9.17, 15) is 0 Å². The fraction of sp³-hybridized carbons (Fsp3) is 1.00. The van der Waals surface area contributed by atoms with Crippen LogP contribution in [0.5, 0.6) is 0 Å². The number of rotatable bonds is 5. The fourth-order valence-corrected chi connectivity index (χ4v) is 2.61. The van der Waals surface area contributed by atoms with Gasteiger partial charge in [0, 0.05) is 19.1 Å². The van der Waals surface area contributed by atoms with E-state index in [0.717, 1.165) is 24.4 Å². The summed E-state index contributed by atoms with van der Waals surface area (Å²) in [5.74, 6) is 1.68. The van der Waals surface area contributed by atoms with Gasteiger partial charge in [0.1, 0.15) is 0 Å². The van der Waals surface area contributed by atoms with Crippen LogP contribution in [-0.4, -0.2) is 37.6 Å². The summed E-state index contributed by atoms with van der Waals surface area (Å²) >= 11 is 0. The van der Waals surface area contributed by atoms with Crippen LogP contribution >= 0.6 is 0 Å². The monoisotopic (exact) mass is 212 g/mol. The molecule has 1 N–H and O–H groups in total. The van der Waals surface area contributed by atoms with E-state index in [4.69, 9.17) is 0 Å². The number of likely N-dealkylation sites (N-methyl/N-ethyl adjacent to an activating group) is 1. The Kier molecular flexibility index (Phi) is 5.62. The van der Waals surface area contributed by atoms with Crippen molar-refractivity contribution in [3.8, 4) is 0 Å². The maximum atomic E-state index is 3.70. The van der Waals surface area contributed by atoms with Crippen molar-refractivity contribution in [1.29, 1.82) is 0 Å². The fourth-order valence-electron chi connectivity index (χ4n) is 2.61. The molecular weight excluding hydrogens is 184 g/mol. The molecule has 0 spiro atoms. The van der Waals surface area contributed by atoms with Crippen LogP contribution in [0.3, 0.4) is 0 Å². The molecule has 1 fully saturated rings. The topological polar surface area (TPSA) is 15.3 Å². The highest BCUT2D eigenvalue weighted by Gasteiger charge is 2.24. The van der Waals surface area contributed by atoms with Crippen molar-refractivity contribution in [1.82, 2.24) is 10.2 Å². The van der Waals surface area contributed by atoms with Gasteiger partial charge in [-0.2, -0.15) is 0 Å².